The van der Waals surface area contributed by atoms with Crippen molar-refractivity contribution in [1.82, 2.24) is 4.98 Å². The predicted molar refractivity (Wildman–Crippen MR) is 81.4 cm³/mol. The fraction of sp³-hybridized carbons (Fsp3) is 0.625. The van der Waals surface area contributed by atoms with Gasteiger partial charge in [-0.2, -0.15) is 0 Å². The van der Waals surface area contributed by atoms with Gasteiger partial charge in [-0.25, -0.2) is 9.78 Å². The van der Waals surface area contributed by atoms with Crippen molar-refractivity contribution in [3.05, 3.63) is 22.9 Å². The topological polar surface area (TPSA) is 60.9 Å². The molecule has 6 nitrogen and oxygen atoms in total. The van der Waals surface area contributed by atoms with Gasteiger partial charge in [-0.05, 0) is 24.5 Å². The molecule has 0 radical (unpaired) electrons. The zero-order valence-electron chi connectivity index (χ0n) is 13.1. The summed E-state index contributed by atoms with van der Waals surface area (Å²) in [7, 11) is 3.15. The second-order valence-electron chi connectivity index (χ2n) is 5.65. The van der Waals surface area contributed by atoms with Gasteiger partial charge in [-0.1, -0.05) is 0 Å². The van der Waals surface area contributed by atoms with E-state index in [0.29, 0.717) is 25.2 Å². The first-order valence-corrected chi connectivity index (χ1v) is 7.69. The molecule has 1 aromatic rings. The summed E-state index contributed by atoms with van der Waals surface area (Å²) < 4.78 is 15.9. The van der Waals surface area contributed by atoms with Gasteiger partial charge < -0.3 is 19.1 Å². The summed E-state index contributed by atoms with van der Waals surface area (Å²) in [6.45, 7) is 2.96. The molecule has 120 valence electrons. The molecule has 0 amide bonds. The first-order valence-electron chi connectivity index (χ1n) is 7.69. The van der Waals surface area contributed by atoms with Gasteiger partial charge in [-0.15, -0.1) is 0 Å². The number of hydrogen-bond acceptors (Lipinski definition) is 6. The smallest absolute Gasteiger partial charge is 0.338 e. The highest BCUT2D eigenvalue weighted by Crippen LogP contribution is 2.26. The number of carbonyl (C=O) groups excluding carboxylic acids is 1. The Morgan fingerprint density at radius 1 is 1.36 bits per heavy atom. The average molecular weight is 306 g/mol. The van der Waals surface area contributed by atoms with Crippen molar-refractivity contribution in [2.24, 2.45) is 0 Å². The van der Waals surface area contributed by atoms with Crippen LogP contribution in [0.1, 0.15) is 28.0 Å². The molecule has 1 aromatic heterocycles. The fourth-order valence-electron chi connectivity index (χ4n) is 3.12. The number of hydrogen-bond donors (Lipinski definition) is 0. The lowest BCUT2D eigenvalue weighted by molar-refractivity contribution is 0.0599. The molecule has 1 atom stereocenters. The van der Waals surface area contributed by atoms with Gasteiger partial charge in [0.1, 0.15) is 5.82 Å². The SMILES string of the molecule is COC(=O)c1cc(N2CC[C@H](OC)C2)nc2c1CCOCC2. The normalized spacial score (nSPS) is 21.4. The zero-order chi connectivity index (χ0) is 15.5. The minimum absolute atomic E-state index is 0.227. The molecule has 3 heterocycles. The van der Waals surface area contributed by atoms with Gasteiger partial charge in [0.2, 0.25) is 0 Å². The van der Waals surface area contributed by atoms with Crippen LogP contribution >= 0.6 is 0 Å². The summed E-state index contributed by atoms with van der Waals surface area (Å²) in [5, 5.41) is 0. The Kier molecular flexibility index (Phi) is 4.59. The van der Waals surface area contributed by atoms with Crippen LogP contribution in [0.25, 0.3) is 0 Å². The zero-order valence-corrected chi connectivity index (χ0v) is 13.1. The standard InChI is InChI=1S/C16H22N2O4/c1-20-11-3-6-18(10-11)15-9-13(16(19)21-2)12-4-7-22-8-5-14(12)17-15/h9,11H,3-8,10H2,1-2H3/t11-/m0/s1. The molecule has 3 rings (SSSR count). The summed E-state index contributed by atoms with van der Waals surface area (Å²) in [6, 6.07) is 1.86. The van der Waals surface area contributed by atoms with Crippen molar-refractivity contribution in [3.63, 3.8) is 0 Å². The Balaban J connectivity index is 1.97. The van der Waals surface area contributed by atoms with Crippen LogP contribution in [0.15, 0.2) is 6.07 Å². The maximum absolute atomic E-state index is 12.2. The van der Waals surface area contributed by atoms with E-state index in [1.807, 2.05) is 6.07 Å². The molecular formula is C16H22N2O4. The van der Waals surface area contributed by atoms with Gasteiger partial charge in [0.05, 0.1) is 32.0 Å². The largest absolute Gasteiger partial charge is 0.465 e. The van der Waals surface area contributed by atoms with E-state index < -0.39 is 0 Å². The van der Waals surface area contributed by atoms with Gasteiger partial charge >= 0.3 is 5.97 Å². The van der Waals surface area contributed by atoms with Gasteiger partial charge in [0.25, 0.3) is 0 Å². The summed E-state index contributed by atoms with van der Waals surface area (Å²) in [5.74, 6) is 0.532. The lowest BCUT2D eigenvalue weighted by Gasteiger charge is -2.20. The summed E-state index contributed by atoms with van der Waals surface area (Å²) >= 11 is 0. The molecule has 22 heavy (non-hydrogen) atoms. The van der Waals surface area contributed by atoms with Crippen LogP contribution in [0.2, 0.25) is 0 Å². The van der Waals surface area contributed by atoms with Crippen molar-refractivity contribution in [1.29, 1.82) is 0 Å². The van der Waals surface area contributed by atoms with Crippen LogP contribution in [0, 0.1) is 0 Å². The molecule has 1 saturated heterocycles. The van der Waals surface area contributed by atoms with E-state index in [1.54, 1.807) is 7.11 Å². The van der Waals surface area contributed by atoms with Crippen LogP contribution in [0.3, 0.4) is 0 Å². The van der Waals surface area contributed by atoms with E-state index in [0.717, 1.165) is 43.0 Å². The maximum atomic E-state index is 12.2. The molecule has 1 fully saturated rings. The number of anilines is 1. The van der Waals surface area contributed by atoms with E-state index in [9.17, 15) is 4.79 Å². The van der Waals surface area contributed by atoms with Crippen molar-refractivity contribution < 1.29 is 19.0 Å². The Labute approximate surface area is 130 Å². The predicted octanol–water partition coefficient (Wildman–Crippen LogP) is 1.21. The third kappa shape index (κ3) is 2.94. The Morgan fingerprint density at radius 2 is 2.18 bits per heavy atom. The molecule has 2 aliphatic heterocycles. The summed E-state index contributed by atoms with van der Waals surface area (Å²) in [6.07, 6.45) is 2.64. The van der Waals surface area contributed by atoms with E-state index in [4.69, 9.17) is 19.2 Å². The fourth-order valence-corrected chi connectivity index (χ4v) is 3.12. The molecule has 0 bridgehead atoms. The number of nitrogens with zero attached hydrogens (tertiary/aromatic N) is 2. The second-order valence-corrected chi connectivity index (χ2v) is 5.65. The molecule has 0 aliphatic carbocycles. The number of pyridine rings is 1. The number of esters is 1. The van der Waals surface area contributed by atoms with Crippen molar-refractivity contribution >= 4 is 11.8 Å². The average Bonchev–Trinajstić information content (AvgIpc) is 2.91. The maximum Gasteiger partial charge on any atom is 0.338 e. The third-order valence-electron chi connectivity index (χ3n) is 4.38. The third-order valence-corrected chi connectivity index (χ3v) is 4.38. The number of ether oxygens (including phenoxy) is 3. The number of aromatic nitrogens is 1. The molecular weight excluding hydrogens is 284 g/mol. The highest BCUT2D eigenvalue weighted by Gasteiger charge is 2.27. The Morgan fingerprint density at radius 3 is 2.91 bits per heavy atom. The summed E-state index contributed by atoms with van der Waals surface area (Å²) in [4.78, 5) is 19.1. The van der Waals surface area contributed by atoms with Crippen molar-refractivity contribution in [3.8, 4) is 0 Å². The number of fused-ring (bicyclic) bond motifs is 1. The van der Waals surface area contributed by atoms with E-state index in [-0.39, 0.29) is 12.1 Å². The highest BCUT2D eigenvalue weighted by molar-refractivity contribution is 5.92. The molecule has 0 N–H and O–H groups in total. The minimum atomic E-state index is -0.302. The van der Waals surface area contributed by atoms with Crippen molar-refractivity contribution in [2.45, 2.75) is 25.4 Å². The number of carbonyl (C=O) groups is 1. The second kappa shape index (κ2) is 6.62. The van der Waals surface area contributed by atoms with Crippen LogP contribution in [-0.4, -0.2) is 57.6 Å². The molecule has 6 heteroatoms. The van der Waals surface area contributed by atoms with Gasteiger partial charge in [0.15, 0.2) is 0 Å². The van der Waals surface area contributed by atoms with Gasteiger partial charge in [-0.3, -0.25) is 0 Å². The lowest BCUT2D eigenvalue weighted by atomic mass is 10.0. The van der Waals surface area contributed by atoms with E-state index in [1.165, 1.54) is 7.11 Å². The van der Waals surface area contributed by atoms with E-state index in [2.05, 4.69) is 4.90 Å². The van der Waals surface area contributed by atoms with E-state index >= 15 is 0 Å². The minimum Gasteiger partial charge on any atom is -0.465 e. The molecule has 2 aliphatic rings. The first kappa shape index (κ1) is 15.2. The number of rotatable bonds is 3. The Hall–Kier alpha value is -1.66. The van der Waals surface area contributed by atoms with Crippen LogP contribution in [0.5, 0.6) is 0 Å². The van der Waals surface area contributed by atoms with Gasteiger partial charge in [0, 0.05) is 32.3 Å². The first-order chi connectivity index (χ1) is 10.7. The molecule has 0 unspecified atom stereocenters. The van der Waals surface area contributed by atoms with Crippen LogP contribution in [0.4, 0.5) is 5.82 Å². The molecule has 0 spiro atoms. The lowest BCUT2D eigenvalue weighted by Crippen LogP contribution is -2.24. The molecule has 0 aromatic carbocycles. The quantitative estimate of drug-likeness (QED) is 0.782. The van der Waals surface area contributed by atoms with Crippen molar-refractivity contribution in [2.75, 3.05) is 45.4 Å². The number of methoxy groups -OCH3 is 2. The van der Waals surface area contributed by atoms with Crippen LogP contribution < -0.4 is 4.90 Å². The summed E-state index contributed by atoms with van der Waals surface area (Å²) in [5.41, 5.74) is 2.54. The Bertz CT molecular complexity index is 561. The molecule has 0 saturated carbocycles. The van der Waals surface area contributed by atoms with Crippen LogP contribution in [-0.2, 0) is 27.1 Å². The highest BCUT2D eigenvalue weighted by atomic mass is 16.5. The monoisotopic (exact) mass is 306 g/mol.